The van der Waals surface area contributed by atoms with E-state index in [2.05, 4.69) is 10.0 Å². The molecular weight excluding hydrogens is 462 g/mol. The number of hydrogen-bond acceptors (Lipinski definition) is 5. The molecule has 0 aromatic heterocycles. The molecular formula is C23H31N3O5S2. The smallest absolute Gasteiger partial charge is 0.243 e. The first kappa shape index (κ1) is 25.4. The summed E-state index contributed by atoms with van der Waals surface area (Å²) < 4.78 is 54.9. The van der Waals surface area contributed by atoms with Crippen LogP contribution in [0.5, 0.6) is 0 Å². The van der Waals surface area contributed by atoms with Crippen LogP contribution in [0.25, 0.3) is 0 Å². The topological polar surface area (TPSA) is 113 Å². The molecule has 1 saturated heterocycles. The quantitative estimate of drug-likeness (QED) is 0.547. The number of piperidine rings is 1. The summed E-state index contributed by atoms with van der Waals surface area (Å²) in [5.74, 6) is -0.752. The number of amides is 1. The summed E-state index contributed by atoms with van der Waals surface area (Å²) in [6.07, 6.45) is 1.17. The molecule has 1 heterocycles. The molecule has 1 atom stereocenters. The third kappa shape index (κ3) is 6.20. The van der Waals surface area contributed by atoms with Gasteiger partial charge in [-0.1, -0.05) is 29.8 Å². The van der Waals surface area contributed by atoms with E-state index in [1.165, 1.54) is 16.4 Å². The van der Waals surface area contributed by atoms with Crippen molar-refractivity contribution in [1.29, 1.82) is 0 Å². The van der Waals surface area contributed by atoms with Crippen LogP contribution in [0.4, 0.5) is 0 Å². The Kier molecular flexibility index (Phi) is 7.94. The van der Waals surface area contributed by atoms with Crippen molar-refractivity contribution in [3.05, 3.63) is 59.2 Å². The standard InChI is InChI=1S/C23H31N3O5S2/c1-17-7-10-21(11-8-17)32(28,29)25-13-12-24-23(27)20-5-4-14-26(16-20)33(30,31)22-15-18(2)6-9-19(22)3/h6-11,15,20,25H,4-5,12-14,16H2,1-3H3,(H,24,27). The van der Waals surface area contributed by atoms with Gasteiger partial charge in [-0.3, -0.25) is 4.79 Å². The summed E-state index contributed by atoms with van der Waals surface area (Å²) in [6.45, 7) is 6.12. The first-order chi connectivity index (χ1) is 15.5. The number of carbonyl (C=O) groups is 1. The summed E-state index contributed by atoms with van der Waals surface area (Å²) in [6, 6.07) is 11.8. The maximum Gasteiger partial charge on any atom is 0.243 e. The predicted octanol–water partition coefficient (Wildman–Crippen LogP) is 2.11. The van der Waals surface area contributed by atoms with E-state index in [0.717, 1.165) is 11.1 Å². The van der Waals surface area contributed by atoms with Gasteiger partial charge in [-0.25, -0.2) is 21.6 Å². The van der Waals surface area contributed by atoms with Crippen molar-refractivity contribution >= 4 is 26.0 Å². The third-order valence-corrected chi connectivity index (χ3v) is 9.25. The van der Waals surface area contributed by atoms with Crippen LogP contribution in [0.1, 0.15) is 29.5 Å². The van der Waals surface area contributed by atoms with Crippen molar-refractivity contribution in [2.24, 2.45) is 5.92 Å². The minimum Gasteiger partial charge on any atom is -0.355 e. The summed E-state index contributed by atoms with van der Waals surface area (Å²) in [4.78, 5) is 13.1. The van der Waals surface area contributed by atoms with E-state index in [-0.39, 0.29) is 35.3 Å². The highest BCUT2D eigenvalue weighted by atomic mass is 32.2. The Balaban J connectivity index is 1.55. The van der Waals surface area contributed by atoms with Gasteiger partial charge in [-0.05, 0) is 62.9 Å². The van der Waals surface area contributed by atoms with Crippen LogP contribution in [0.3, 0.4) is 0 Å². The van der Waals surface area contributed by atoms with Gasteiger partial charge in [0.05, 0.1) is 15.7 Å². The van der Waals surface area contributed by atoms with E-state index in [4.69, 9.17) is 0 Å². The molecule has 1 aliphatic heterocycles. The van der Waals surface area contributed by atoms with Gasteiger partial charge in [0.2, 0.25) is 26.0 Å². The van der Waals surface area contributed by atoms with Gasteiger partial charge in [-0.15, -0.1) is 0 Å². The Hall–Kier alpha value is -2.27. The highest BCUT2D eigenvalue weighted by molar-refractivity contribution is 7.89. The fourth-order valence-corrected chi connectivity index (χ4v) is 6.68. The van der Waals surface area contributed by atoms with Gasteiger partial charge in [0, 0.05) is 26.2 Å². The lowest BCUT2D eigenvalue weighted by Crippen LogP contribution is -2.46. The fourth-order valence-electron chi connectivity index (χ4n) is 3.82. The van der Waals surface area contributed by atoms with Gasteiger partial charge in [0.1, 0.15) is 0 Å². The number of nitrogens with one attached hydrogen (secondary N) is 2. The van der Waals surface area contributed by atoms with Crippen LogP contribution in [0.2, 0.25) is 0 Å². The van der Waals surface area contributed by atoms with E-state index in [1.807, 2.05) is 19.9 Å². The third-order valence-electron chi connectivity index (χ3n) is 5.76. The normalized spacial score (nSPS) is 17.6. The number of benzene rings is 2. The van der Waals surface area contributed by atoms with Crippen LogP contribution < -0.4 is 10.0 Å². The van der Waals surface area contributed by atoms with Gasteiger partial charge < -0.3 is 5.32 Å². The summed E-state index contributed by atoms with van der Waals surface area (Å²) in [5.41, 5.74) is 2.49. The summed E-state index contributed by atoms with van der Waals surface area (Å²) >= 11 is 0. The molecule has 3 rings (SSSR count). The van der Waals surface area contributed by atoms with E-state index in [0.29, 0.717) is 24.9 Å². The number of hydrogen-bond donors (Lipinski definition) is 2. The second-order valence-corrected chi connectivity index (χ2v) is 12.1. The monoisotopic (exact) mass is 493 g/mol. The average Bonchev–Trinajstić information content (AvgIpc) is 2.78. The molecule has 0 saturated carbocycles. The molecule has 8 nitrogen and oxygen atoms in total. The lowest BCUT2D eigenvalue weighted by Gasteiger charge is -2.31. The minimum atomic E-state index is -3.70. The molecule has 1 fully saturated rings. The molecule has 0 bridgehead atoms. The Labute approximate surface area is 196 Å². The van der Waals surface area contributed by atoms with Gasteiger partial charge in [0.25, 0.3) is 0 Å². The lowest BCUT2D eigenvalue weighted by atomic mass is 9.99. The molecule has 1 amide bonds. The van der Waals surface area contributed by atoms with Gasteiger partial charge in [0.15, 0.2) is 0 Å². The van der Waals surface area contributed by atoms with Gasteiger partial charge >= 0.3 is 0 Å². The van der Waals surface area contributed by atoms with E-state index in [1.54, 1.807) is 31.2 Å². The predicted molar refractivity (Wildman–Crippen MR) is 127 cm³/mol. The fraction of sp³-hybridized carbons (Fsp3) is 0.435. The molecule has 0 radical (unpaired) electrons. The van der Waals surface area contributed by atoms with E-state index < -0.39 is 26.0 Å². The molecule has 0 spiro atoms. The van der Waals surface area contributed by atoms with E-state index >= 15 is 0 Å². The maximum atomic E-state index is 13.2. The minimum absolute atomic E-state index is 0.0408. The van der Waals surface area contributed by atoms with Gasteiger partial charge in [-0.2, -0.15) is 4.31 Å². The summed E-state index contributed by atoms with van der Waals surface area (Å²) in [5, 5.41) is 2.73. The molecule has 1 unspecified atom stereocenters. The first-order valence-electron chi connectivity index (χ1n) is 10.9. The van der Waals surface area contributed by atoms with Crippen molar-refractivity contribution in [1.82, 2.24) is 14.3 Å². The number of nitrogens with zero attached hydrogens (tertiary/aromatic N) is 1. The second-order valence-electron chi connectivity index (χ2n) is 8.47. The molecule has 0 aliphatic carbocycles. The van der Waals surface area contributed by atoms with Crippen LogP contribution in [-0.2, 0) is 24.8 Å². The SMILES string of the molecule is Cc1ccc(S(=O)(=O)NCCNC(=O)C2CCCN(S(=O)(=O)c3cc(C)ccc3C)C2)cc1. The van der Waals surface area contributed by atoms with Crippen LogP contribution in [0.15, 0.2) is 52.3 Å². The Morgan fingerprint density at radius 3 is 2.33 bits per heavy atom. The van der Waals surface area contributed by atoms with Crippen LogP contribution in [-0.4, -0.2) is 53.2 Å². The van der Waals surface area contributed by atoms with E-state index in [9.17, 15) is 21.6 Å². The van der Waals surface area contributed by atoms with Crippen molar-refractivity contribution < 1.29 is 21.6 Å². The van der Waals surface area contributed by atoms with Crippen molar-refractivity contribution in [2.75, 3.05) is 26.2 Å². The Bertz CT molecular complexity index is 1210. The zero-order valence-electron chi connectivity index (χ0n) is 19.2. The molecule has 33 heavy (non-hydrogen) atoms. The number of sulfonamides is 2. The molecule has 2 aromatic rings. The molecule has 1 aliphatic rings. The molecule has 10 heteroatoms. The first-order valence-corrected chi connectivity index (χ1v) is 13.8. The highest BCUT2D eigenvalue weighted by Crippen LogP contribution is 2.26. The lowest BCUT2D eigenvalue weighted by molar-refractivity contribution is -0.126. The number of rotatable bonds is 8. The Morgan fingerprint density at radius 2 is 1.64 bits per heavy atom. The van der Waals surface area contributed by atoms with Crippen molar-refractivity contribution in [2.45, 2.75) is 43.4 Å². The average molecular weight is 494 g/mol. The second kappa shape index (κ2) is 10.3. The molecule has 2 N–H and O–H groups in total. The summed E-state index contributed by atoms with van der Waals surface area (Å²) in [7, 11) is -7.35. The number of aryl methyl sites for hydroxylation is 3. The molecule has 2 aromatic carbocycles. The largest absolute Gasteiger partial charge is 0.355 e. The van der Waals surface area contributed by atoms with Crippen molar-refractivity contribution in [3.63, 3.8) is 0 Å². The van der Waals surface area contributed by atoms with Crippen LogP contribution in [0, 0.1) is 26.7 Å². The zero-order valence-corrected chi connectivity index (χ0v) is 20.8. The Morgan fingerprint density at radius 1 is 0.970 bits per heavy atom. The van der Waals surface area contributed by atoms with Crippen molar-refractivity contribution in [3.8, 4) is 0 Å². The number of carbonyl (C=O) groups excluding carboxylic acids is 1. The molecule has 180 valence electrons. The highest BCUT2D eigenvalue weighted by Gasteiger charge is 2.34. The zero-order chi connectivity index (χ0) is 24.2. The maximum absolute atomic E-state index is 13.2. The van der Waals surface area contributed by atoms with Crippen LogP contribution >= 0.6 is 0 Å².